The first-order valence-corrected chi connectivity index (χ1v) is 8.35. The Morgan fingerprint density at radius 3 is 2.56 bits per heavy atom. The van der Waals surface area contributed by atoms with Crippen molar-refractivity contribution in [3.8, 4) is 0 Å². The van der Waals surface area contributed by atoms with Crippen molar-refractivity contribution in [2.45, 2.75) is 13.0 Å². The van der Waals surface area contributed by atoms with Crippen LogP contribution in [0.2, 0.25) is 0 Å². The molecule has 7 nitrogen and oxygen atoms in total. The van der Waals surface area contributed by atoms with Crippen LogP contribution in [0.25, 0.3) is 0 Å². The number of morpholine rings is 1. The van der Waals surface area contributed by atoms with E-state index in [1.807, 2.05) is 0 Å². The summed E-state index contributed by atoms with van der Waals surface area (Å²) < 4.78 is 5.42. The Morgan fingerprint density at radius 2 is 1.96 bits per heavy atom. The van der Waals surface area contributed by atoms with Gasteiger partial charge in [-0.3, -0.25) is 15.0 Å². The van der Waals surface area contributed by atoms with Gasteiger partial charge in [0.25, 0.3) is 5.69 Å². The number of anilines is 1. The maximum Gasteiger partial charge on any atom is 0.287 e. The van der Waals surface area contributed by atoms with Gasteiger partial charge in [0.1, 0.15) is 12.0 Å². The van der Waals surface area contributed by atoms with Gasteiger partial charge in [-0.05, 0) is 18.6 Å². The second kappa shape index (κ2) is 8.04. The molecule has 1 unspecified atom stereocenters. The molecular weight excluding hydrogens is 320 g/mol. The highest BCUT2D eigenvalue weighted by Gasteiger charge is 2.19. The fourth-order valence-corrected chi connectivity index (χ4v) is 2.83. The zero-order valence-corrected chi connectivity index (χ0v) is 14.2. The Hall–Kier alpha value is -2.51. The second-order valence-corrected chi connectivity index (χ2v) is 6.18. The highest BCUT2D eigenvalue weighted by molar-refractivity contribution is 5.43. The molecule has 0 saturated carbocycles. The van der Waals surface area contributed by atoms with E-state index in [1.54, 1.807) is 6.07 Å². The van der Waals surface area contributed by atoms with Crippen molar-refractivity contribution in [2.75, 3.05) is 38.2 Å². The minimum atomic E-state index is -0.442. The zero-order chi connectivity index (χ0) is 17.6. The first-order valence-electron chi connectivity index (χ1n) is 8.35. The summed E-state index contributed by atoms with van der Waals surface area (Å²) in [6, 6.07) is 11.6. The molecule has 1 N–H and O–H groups in total. The van der Waals surface area contributed by atoms with Crippen LogP contribution in [0.3, 0.4) is 0 Å². The van der Waals surface area contributed by atoms with Gasteiger partial charge in [0.05, 0.1) is 24.2 Å². The van der Waals surface area contributed by atoms with E-state index in [1.165, 1.54) is 17.8 Å². The number of nitro groups is 1. The Balaban J connectivity index is 1.77. The molecule has 0 aliphatic carbocycles. The Bertz CT molecular complexity index is 697. The average molecular weight is 342 g/mol. The van der Waals surface area contributed by atoms with Gasteiger partial charge in [-0.25, -0.2) is 4.98 Å². The number of rotatable bonds is 6. The molecule has 1 aromatic heterocycles. The molecule has 0 spiro atoms. The molecule has 1 atom stereocenters. The van der Waals surface area contributed by atoms with Crippen LogP contribution in [-0.2, 0) is 4.74 Å². The van der Waals surface area contributed by atoms with Crippen molar-refractivity contribution in [3.05, 3.63) is 63.8 Å². The van der Waals surface area contributed by atoms with E-state index in [-0.39, 0.29) is 11.7 Å². The lowest BCUT2D eigenvalue weighted by molar-refractivity contribution is -0.385. The molecule has 1 saturated heterocycles. The summed E-state index contributed by atoms with van der Waals surface area (Å²) in [6.45, 7) is 6.18. The number of benzene rings is 1. The quantitative estimate of drug-likeness (QED) is 0.642. The monoisotopic (exact) mass is 342 g/mol. The number of hydrogen-bond donors (Lipinski definition) is 1. The number of hydrogen-bond acceptors (Lipinski definition) is 6. The smallest absolute Gasteiger partial charge is 0.287 e. The summed E-state index contributed by atoms with van der Waals surface area (Å²) in [5.74, 6) is 0.629. The van der Waals surface area contributed by atoms with Crippen LogP contribution in [0.15, 0.2) is 42.6 Å². The van der Waals surface area contributed by atoms with Crippen molar-refractivity contribution in [2.24, 2.45) is 0 Å². The topological polar surface area (TPSA) is 80.5 Å². The Kier molecular flexibility index (Phi) is 5.57. The normalized spacial score (nSPS) is 16.4. The maximum absolute atomic E-state index is 10.8. The lowest BCUT2D eigenvalue weighted by Crippen LogP contribution is -2.40. The molecule has 2 aromatic rings. The van der Waals surface area contributed by atoms with Gasteiger partial charge in [0.2, 0.25) is 0 Å². The van der Waals surface area contributed by atoms with Crippen molar-refractivity contribution in [1.29, 1.82) is 0 Å². The summed E-state index contributed by atoms with van der Waals surface area (Å²) in [4.78, 5) is 16.9. The molecule has 3 rings (SSSR count). The number of aromatic nitrogens is 1. The maximum atomic E-state index is 10.8. The highest BCUT2D eigenvalue weighted by atomic mass is 16.6. The van der Waals surface area contributed by atoms with Crippen molar-refractivity contribution < 1.29 is 9.66 Å². The SMILES string of the molecule is Cc1ccc(C(CN2CCOCC2)Nc2ccc([N+](=O)[O-])cn2)cc1. The molecule has 2 heterocycles. The van der Waals surface area contributed by atoms with Gasteiger partial charge in [-0.2, -0.15) is 0 Å². The van der Waals surface area contributed by atoms with Crippen molar-refractivity contribution in [3.63, 3.8) is 0 Å². The van der Waals surface area contributed by atoms with Crippen LogP contribution in [0.4, 0.5) is 11.5 Å². The summed E-state index contributed by atoms with van der Waals surface area (Å²) in [5.41, 5.74) is 2.37. The molecule has 1 aliphatic heterocycles. The third-order valence-corrected chi connectivity index (χ3v) is 4.30. The minimum Gasteiger partial charge on any atom is -0.379 e. The van der Waals surface area contributed by atoms with Crippen LogP contribution in [0.5, 0.6) is 0 Å². The molecule has 0 radical (unpaired) electrons. The number of nitrogens with zero attached hydrogens (tertiary/aromatic N) is 3. The van der Waals surface area contributed by atoms with Crippen LogP contribution in [0.1, 0.15) is 17.2 Å². The van der Waals surface area contributed by atoms with Crippen LogP contribution in [-0.4, -0.2) is 47.7 Å². The molecule has 25 heavy (non-hydrogen) atoms. The largest absolute Gasteiger partial charge is 0.379 e. The van der Waals surface area contributed by atoms with Gasteiger partial charge in [0.15, 0.2) is 0 Å². The molecule has 1 aromatic carbocycles. The molecule has 1 aliphatic rings. The average Bonchev–Trinajstić information content (AvgIpc) is 2.63. The van der Waals surface area contributed by atoms with E-state index in [4.69, 9.17) is 4.74 Å². The lowest BCUT2D eigenvalue weighted by atomic mass is 10.0. The molecule has 0 amide bonds. The molecule has 132 valence electrons. The highest BCUT2D eigenvalue weighted by Crippen LogP contribution is 2.22. The van der Waals surface area contributed by atoms with E-state index in [2.05, 4.69) is 46.4 Å². The van der Waals surface area contributed by atoms with Gasteiger partial charge in [-0.15, -0.1) is 0 Å². The van der Waals surface area contributed by atoms with Gasteiger partial charge in [0, 0.05) is 25.7 Å². The predicted molar refractivity (Wildman–Crippen MR) is 95.7 cm³/mol. The Morgan fingerprint density at radius 1 is 1.24 bits per heavy atom. The molecular formula is C18H22N4O3. The molecule has 1 fully saturated rings. The summed E-state index contributed by atoms with van der Waals surface area (Å²) in [6.07, 6.45) is 1.28. The number of aryl methyl sites for hydroxylation is 1. The third kappa shape index (κ3) is 4.74. The van der Waals surface area contributed by atoms with Gasteiger partial charge in [-0.1, -0.05) is 29.8 Å². The standard InChI is InChI=1S/C18H22N4O3/c1-14-2-4-15(5-3-14)17(13-21-8-10-25-11-9-21)20-18-7-6-16(12-19-18)22(23)24/h2-7,12,17H,8-11,13H2,1H3,(H,19,20). The van der Waals surface area contributed by atoms with Crippen LogP contribution < -0.4 is 5.32 Å². The fraction of sp³-hybridized carbons (Fsp3) is 0.389. The Labute approximate surface area is 146 Å². The van der Waals surface area contributed by atoms with E-state index in [0.717, 1.165) is 38.4 Å². The van der Waals surface area contributed by atoms with E-state index in [0.29, 0.717) is 5.82 Å². The number of nitrogens with one attached hydrogen (secondary N) is 1. The number of pyridine rings is 1. The molecule has 7 heteroatoms. The number of ether oxygens (including phenoxy) is 1. The summed E-state index contributed by atoms with van der Waals surface area (Å²) in [7, 11) is 0. The summed E-state index contributed by atoms with van der Waals surface area (Å²) in [5, 5.41) is 14.2. The van der Waals surface area contributed by atoms with Crippen LogP contribution >= 0.6 is 0 Å². The predicted octanol–water partition coefficient (Wildman–Crippen LogP) is 2.78. The van der Waals surface area contributed by atoms with Gasteiger partial charge >= 0.3 is 0 Å². The minimum absolute atomic E-state index is 0.00869. The van der Waals surface area contributed by atoms with Crippen molar-refractivity contribution in [1.82, 2.24) is 9.88 Å². The van der Waals surface area contributed by atoms with Crippen molar-refractivity contribution >= 4 is 11.5 Å². The third-order valence-electron chi connectivity index (χ3n) is 4.30. The fourth-order valence-electron chi connectivity index (χ4n) is 2.83. The van der Waals surface area contributed by atoms with E-state index in [9.17, 15) is 10.1 Å². The van der Waals surface area contributed by atoms with Gasteiger partial charge < -0.3 is 10.1 Å². The second-order valence-electron chi connectivity index (χ2n) is 6.18. The van der Waals surface area contributed by atoms with Crippen LogP contribution in [0, 0.1) is 17.0 Å². The van der Waals surface area contributed by atoms with E-state index >= 15 is 0 Å². The molecule has 0 bridgehead atoms. The van der Waals surface area contributed by atoms with E-state index < -0.39 is 4.92 Å². The first-order chi connectivity index (χ1) is 12.1. The zero-order valence-electron chi connectivity index (χ0n) is 14.2. The summed E-state index contributed by atoms with van der Waals surface area (Å²) >= 11 is 0. The first kappa shape index (κ1) is 17.3. The lowest BCUT2D eigenvalue weighted by Gasteiger charge is -2.31.